The molecule has 2 heteroatoms. The molecule has 0 radical (unpaired) electrons. The van der Waals surface area contributed by atoms with Crippen molar-refractivity contribution in [2.75, 3.05) is 13.2 Å². The lowest BCUT2D eigenvalue weighted by Crippen LogP contribution is -2.50. The van der Waals surface area contributed by atoms with Crippen LogP contribution in [0.5, 0.6) is 0 Å². The number of rotatable bonds is 5. The van der Waals surface area contributed by atoms with E-state index in [0.29, 0.717) is 11.3 Å². The number of hydrogen-bond donors (Lipinski definition) is 2. The van der Waals surface area contributed by atoms with Gasteiger partial charge in [-0.05, 0) is 73.7 Å². The normalized spacial score (nSPS) is 39.4. The fourth-order valence-electron chi connectivity index (χ4n) is 5.17. The van der Waals surface area contributed by atoms with E-state index in [9.17, 15) is 5.11 Å². The summed E-state index contributed by atoms with van der Waals surface area (Å²) in [5.74, 6) is 1.39. The second-order valence-corrected chi connectivity index (χ2v) is 8.11. The van der Waals surface area contributed by atoms with E-state index >= 15 is 0 Å². The first-order valence-electron chi connectivity index (χ1n) is 8.95. The Morgan fingerprint density at radius 1 is 1.32 bits per heavy atom. The number of fused-ring (bicyclic) bond motifs is 1. The van der Waals surface area contributed by atoms with E-state index in [2.05, 4.69) is 33.8 Å². The molecule has 2 N–H and O–H groups in total. The smallest absolute Gasteiger partial charge is 0.0647 e. The Morgan fingerprint density at radius 3 is 2.68 bits per heavy atom. The lowest BCUT2D eigenvalue weighted by Gasteiger charge is -2.58. The van der Waals surface area contributed by atoms with Crippen molar-refractivity contribution < 1.29 is 10.2 Å². The third-order valence-corrected chi connectivity index (χ3v) is 7.04. The Hall–Kier alpha value is -0.600. The van der Waals surface area contributed by atoms with Gasteiger partial charge < -0.3 is 10.2 Å². The summed E-state index contributed by atoms with van der Waals surface area (Å²) >= 11 is 0. The molecule has 1 fully saturated rings. The van der Waals surface area contributed by atoms with Gasteiger partial charge in [0.1, 0.15) is 0 Å². The highest BCUT2D eigenvalue weighted by Gasteiger charge is 2.53. The molecule has 0 aromatic heterocycles. The van der Waals surface area contributed by atoms with Crippen LogP contribution in [0.3, 0.4) is 0 Å². The van der Waals surface area contributed by atoms with Crippen LogP contribution >= 0.6 is 0 Å². The van der Waals surface area contributed by atoms with E-state index in [1.807, 2.05) is 6.08 Å². The van der Waals surface area contributed by atoms with Gasteiger partial charge in [-0.15, -0.1) is 0 Å². The van der Waals surface area contributed by atoms with Gasteiger partial charge in [0.25, 0.3) is 0 Å². The number of aliphatic hydroxyl groups is 2. The van der Waals surface area contributed by atoms with Crippen LogP contribution in [-0.4, -0.2) is 23.4 Å². The minimum Gasteiger partial charge on any atom is -0.392 e. The van der Waals surface area contributed by atoms with Crippen LogP contribution in [0, 0.1) is 22.7 Å². The molecule has 0 unspecified atom stereocenters. The largest absolute Gasteiger partial charge is 0.392 e. The zero-order chi connectivity index (χ0) is 16.4. The molecule has 2 nitrogen and oxygen atoms in total. The molecule has 0 bridgehead atoms. The van der Waals surface area contributed by atoms with Crippen molar-refractivity contribution in [1.29, 1.82) is 0 Å². The molecular formula is C20H34O2. The van der Waals surface area contributed by atoms with Gasteiger partial charge in [-0.1, -0.05) is 38.5 Å². The van der Waals surface area contributed by atoms with Crippen molar-refractivity contribution in [3.63, 3.8) is 0 Å². The Morgan fingerprint density at radius 2 is 2.05 bits per heavy atom. The first kappa shape index (κ1) is 17.7. The highest BCUT2D eigenvalue weighted by molar-refractivity contribution is 5.23. The molecule has 0 aliphatic heterocycles. The van der Waals surface area contributed by atoms with E-state index in [1.54, 1.807) is 0 Å². The topological polar surface area (TPSA) is 40.5 Å². The van der Waals surface area contributed by atoms with Gasteiger partial charge in [0.05, 0.1) is 13.2 Å². The van der Waals surface area contributed by atoms with Crippen LogP contribution in [0.2, 0.25) is 0 Å². The standard InChI is InChI=1S/C20H34O2/c1-15(10-13-21)8-11-19(3)16(2)9-12-20(4)17(14-22)6-5-7-18(19)20/h6,10,16,18,21-22H,5,7-9,11-14H2,1-4H3/b15-10+/t16-,18-,19+,20+/m1/s1. The second kappa shape index (κ2) is 6.88. The van der Waals surface area contributed by atoms with Gasteiger partial charge in [0, 0.05) is 0 Å². The van der Waals surface area contributed by atoms with Crippen LogP contribution in [0.25, 0.3) is 0 Å². The Bertz CT molecular complexity index is 451. The highest BCUT2D eigenvalue weighted by atomic mass is 16.3. The van der Waals surface area contributed by atoms with Gasteiger partial charge in [-0.2, -0.15) is 0 Å². The highest BCUT2D eigenvalue weighted by Crippen LogP contribution is 2.61. The molecule has 2 aliphatic carbocycles. The van der Waals surface area contributed by atoms with Crippen molar-refractivity contribution in [1.82, 2.24) is 0 Å². The van der Waals surface area contributed by atoms with Crippen LogP contribution in [0.4, 0.5) is 0 Å². The summed E-state index contributed by atoms with van der Waals surface area (Å²) in [4.78, 5) is 0. The van der Waals surface area contributed by atoms with Gasteiger partial charge in [0.15, 0.2) is 0 Å². The van der Waals surface area contributed by atoms with E-state index in [1.165, 1.54) is 36.8 Å². The van der Waals surface area contributed by atoms with E-state index < -0.39 is 0 Å². The minimum atomic E-state index is 0.149. The van der Waals surface area contributed by atoms with Gasteiger partial charge in [0.2, 0.25) is 0 Å². The predicted octanol–water partition coefficient (Wildman–Crippen LogP) is 4.48. The Kier molecular flexibility index (Phi) is 5.55. The molecule has 0 heterocycles. The van der Waals surface area contributed by atoms with Crippen molar-refractivity contribution in [3.8, 4) is 0 Å². The molecule has 4 atom stereocenters. The third-order valence-electron chi connectivity index (χ3n) is 7.04. The summed E-state index contributed by atoms with van der Waals surface area (Å²) in [6, 6.07) is 0. The van der Waals surface area contributed by atoms with Crippen molar-refractivity contribution in [2.24, 2.45) is 22.7 Å². The lowest BCUT2D eigenvalue weighted by molar-refractivity contribution is -0.0507. The monoisotopic (exact) mass is 306 g/mol. The zero-order valence-electron chi connectivity index (χ0n) is 14.9. The first-order chi connectivity index (χ1) is 10.4. The maximum Gasteiger partial charge on any atom is 0.0647 e. The van der Waals surface area contributed by atoms with Crippen LogP contribution in [0.1, 0.15) is 66.2 Å². The van der Waals surface area contributed by atoms with Gasteiger partial charge in [-0.25, -0.2) is 0 Å². The Labute approximate surface area is 136 Å². The zero-order valence-corrected chi connectivity index (χ0v) is 14.9. The average molecular weight is 306 g/mol. The minimum absolute atomic E-state index is 0.149. The lowest BCUT2D eigenvalue weighted by atomic mass is 9.47. The molecule has 0 spiro atoms. The third kappa shape index (κ3) is 3.05. The fourth-order valence-corrected chi connectivity index (χ4v) is 5.17. The van der Waals surface area contributed by atoms with E-state index in [0.717, 1.165) is 18.8 Å². The average Bonchev–Trinajstić information content (AvgIpc) is 2.49. The molecule has 0 amide bonds. The molecule has 0 aromatic rings. The molecule has 0 saturated heterocycles. The Balaban J connectivity index is 2.25. The molecule has 0 aromatic carbocycles. The summed E-state index contributed by atoms with van der Waals surface area (Å²) in [6.07, 6.45) is 11.3. The fraction of sp³-hybridized carbons (Fsp3) is 0.800. The summed E-state index contributed by atoms with van der Waals surface area (Å²) < 4.78 is 0. The summed E-state index contributed by atoms with van der Waals surface area (Å²) in [5.41, 5.74) is 3.09. The molecule has 1 saturated carbocycles. The van der Waals surface area contributed by atoms with Gasteiger partial charge in [-0.3, -0.25) is 0 Å². The molecule has 22 heavy (non-hydrogen) atoms. The molecule has 2 rings (SSSR count). The van der Waals surface area contributed by atoms with Crippen molar-refractivity contribution >= 4 is 0 Å². The SMILES string of the molecule is C/C(=C\CO)CC[C@@]1(C)[C@H](C)CC[C@@]2(C)C(CO)=CCC[C@H]12. The summed E-state index contributed by atoms with van der Waals surface area (Å²) in [7, 11) is 0. The summed E-state index contributed by atoms with van der Waals surface area (Å²) in [5, 5.41) is 18.9. The van der Waals surface area contributed by atoms with Crippen LogP contribution < -0.4 is 0 Å². The number of allylic oxidation sites excluding steroid dienone is 2. The maximum atomic E-state index is 9.81. The second-order valence-electron chi connectivity index (χ2n) is 8.11. The number of hydrogen-bond acceptors (Lipinski definition) is 2. The number of aliphatic hydroxyl groups excluding tert-OH is 2. The van der Waals surface area contributed by atoms with E-state index in [-0.39, 0.29) is 18.6 Å². The summed E-state index contributed by atoms with van der Waals surface area (Å²) in [6.45, 7) is 9.79. The van der Waals surface area contributed by atoms with Crippen molar-refractivity contribution in [3.05, 3.63) is 23.3 Å². The van der Waals surface area contributed by atoms with E-state index in [4.69, 9.17) is 5.11 Å². The molecule has 126 valence electrons. The van der Waals surface area contributed by atoms with Crippen LogP contribution in [0.15, 0.2) is 23.3 Å². The maximum absolute atomic E-state index is 9.81. The molecular weight excluding hydrogens is 272 g/mol. The predicted molar refractivity (Wildman–Crippen MR) is 92.6 cm³/mol. The first-order valence-corrected chi connectivity index (χ1v) is 8.95. The quantitative estimate of drug-likeness (QED) is 0.735. The molecule has 2 aliphatic rings. The van der Waals surface area contributed by atoms with Crippen LogP contribution in [-0.2, 0) is 0 Å². The van der Waals surface area contributed by atoms with Gasteiger partial charge >= 0.3 is 0 Å². The van der Waals surface area contributed by atoms with Crippen molar-refractivity contribution in [2.45, 2.75) is 66.2 Å².